The van der Waals surface area contributed by atoms with Crippen LogP contribution < -0.4 is 10.2 Å². The molecule has 1 aliphatic carbocycles. The summed E-state index contributed by atoms with van der Waals surface area (Å²) in [5.41, 5.74) is 3.27. The third-order valence-corrected chi connectivity index (χ3v) is 6.17. The molecule has 4 rings (SSSR count). The summed E-state index contributed by atoms with van der Waals surface area (Å²) in [6.07, 6.45) is 6.79. The normalized spacial score (nSPS) is 17.8. The van der Waals surface area contributed by atoms with E-state index in [1.54, 1.807) is 0 Å². The number of hydrogen-bond acceptors (Lipinski definition) is 5. The van der Waals surface area contributed by atoms with Crippen molar-refractivity contribution in [1.29, 1.82) is 0 Å². The molecule has 0 unspecified atom stereocenters. The summed E-state index contributed by atoms with van der Waals surface area (Å²) >= 11 is 0. The molecule has 2 fully saturated rings. The van der Waals surface area contributed by atoms with Crippen LogP contribution in [0, 0.1) is 13.8 Å². The maximum absolute atomic E-state index is 12.7. The second-order valence-electron chi connectivity index (χ2n) is 8.70. The largest absolute Gasteiger partial charge is 0.353 e. The number of anilines is 2. The summed E-state index contributed by atoms with van der Waals surface area (Å²) in [6, 6.07) is 10.8. The van der Waals surface area contributed by atoms with E-state index >= 15 is 0 Å². The van der Waals surface area contributed by atoms with Gasteiger partial charge >= 0.3 is 0 Å². The Morgan fingerprint density at radius 2 is 1.80 bits per heavy atom. The molecule has 160 valence electrons. The molecular formula is C24H33N5O. The van der Waals surface area contributed by atoms with Crippen LogP contribution in [0.1, 0.15) is 48.9 Å². The molecule has 2 heterocycles. The van der Waals surface area contributed by atoms with Gasteiger partial charge < -0.3 is 15.1 Å². The standard InChI is InChI=1S/C24H33N5O/c1-18-7-6-8-20(15-18)17-23(30)29-13-11-28(12-14-29)22-16-19(2)25-24(27-22)26-21-9-4-3-5-10-21/h6-8,15-16,21H,3-5,9-14,17H2,1-2H3,(H,25,26,27). The van der Waals surface area contributed by atoms with Gasteiger partial charge in [-0.05, 0) is 32.3 Å². The van der Waals surface area contributed by atoms with Crippen molar-refractivity contribution in [2.75, 3.05) is 36.4 Å². The second kappa shape index (κ2) is 9.45. The van der Waals surface area contributed by atoms with Crippen molar-refractivity contribution in [2.24, 2.45) is 0 Å². The number of carbonyl (C=O) groups is 1. The summed E-state index contributed by atoms with van der Waals surface area (Å²) in [5.74, 6) is 1.92. The lowest BCUT2D eigenvalue weighted by Gasteiger charge is -2.35. The molecule has 0 spiro atoms. The maximum atomic E-state index is 12.7. The van der Waals surface area contributed by atoms with Crippen molar-refractivity contribution in [3.8, 4) is 0 Å². The lowest BCUT2D eigenvalue weighted by Crippen LogP contribution is -2.49. The van der Waals surface area contributed by atoms with Crippen molar-refractivity contribution in [1.82, 2.24) is 14.9 Å². The Morgan fingerprint density at radius 1 is 1.03 bits per heavy atom. The number of aryl methyl sites for hydroxylation is 2. The molecule has 1 aromatic heterocycles. The molecule has 1 saturated heterocycles. The molecular weight excluding hydrogens is 374 g/mol. The third kappa shape index (κ3) is 5.29. The fourth-order valence-corrected chi connectivity index (χ4v) is 4.50. The molecule has 1 N–H and O–H groups in total. The fraction of sp³-hybridized carbons (Fsp3) is 0.542. The Bertz CT molecular complexity index is 870. The molecule has 6 heteroatoms. The first-order valence-electron chi connectivity index (χ1n) is 11.3. The number of amides is 1. The van der Waals surface area contributed by atoms with Gasteiger partial charge in [-0.15, -0.1) is 0 Å². The van der Waals surface area contributed by atoms with Gasteiger partial charge in [0.05, 0.1) is 6.42 Å². The Kier molecular flexibility index (Phi) is 6.50. The second-order valence-corrected chi connectivity index (χ2v) is 8.70. The minimum absolute atomic E-state index is 0.207. The number of carbonyl (C=O) groups excluding carboxylic acids is 1. The summed E-state index contributed by atoms with van der Waals surface area (Å²) in [6.45, 7) is 7.17. The van der Waals surface area contributed by atoms with Gasteiger partial charge in [-0.1, -0.05) is 49.1 Å². The quantitative estimate of drug-likeness (QED) is 0.818. The summed E-state index contributed by atoms with van der Waals surface area (Å²) in [4.78, 5) is 26.4. The van der Waals surface area contributed by atoms with Crippen LogP contribution in [0.2, 0.25) is 0 Å². The van der Waals surface area contributed by atoms with Gasteiger partial charge in [0.2, 0.25) is 11.9 Å². The van der Waals surface area contributed by atoms with Gasteiger partial charge in [0.1, 0.15) is 5.82 Å². The van der Waals surface area contributed by atoms with Gasteiger partial charge in [0, 0.05) is 44.0 Å². The van der Waals surface area contributed by atoms with Gasteiger partial charge in [0.15, 0.2) is 0 Å². The van der Waals surface area contributed by atoms with Crippen LogP contribution in [0.25, 0.3) is 0 Å². The van der Waals surface area contributed by atoms with Crippen LogP contribution in [-0.2, 0) is 11.2 Å². The summed E-state index contributed by atoms with van der Waals surface area (Å²) in [7, 11) is 0. The van der Waals surface area contributed by atoms with E-state index in [1.165, 1.54) is 37.7 Å². The van der Waals surface area contributed by atoms with E-state index in [4.69, 9.17) is 4.98 Å². The summed E-state index contributed by atoms with van der Waals surface area (Å²) < 4.78 is 0. The molecule has 1 aromatic carbocycles. The molecule has 2 aliphatic rings. The third-order valence-electron chi connectivity index (χ3n) is 6.17. The first kappa shape index (κ1) is 20.6. The maximum Gasteiger partial charge on any atom is 0.227 e. The predicted molar refractivity (Wildman–Crippen MR) is 121 cm³/mol. The number of benzene rings is 1. The average molecular weight is 408 g/mol. The number of hydrogen-bond donors (Lipinski definition) is 1. The minimum atomic E-state index is 0.207. The van der Waals surface area contributed by atoms with E-state index in [0.717, 1.165) is 49.2 Å². The monoisotopic (exact) mass is 407 g/mol. The average Bonchev–Trinajstić information content (AvgIpc) is 2.74. The number of piperazine rings is 1. The molecule has 0 bridgehead atoms. The van der Waals surface area contributed by atoms with E-state index < -0.39 is 0 Å². The zero-order chi connectivity index (χ0) is 20.9. The predicted octanol–water partition coefficient (Wildman–Crippen LogP) is 3.73. The highest BCUT2D eigenvalue weighted by Gasteiger charge is 2.23. The van der Waals surface area contributed by atoms with Crippen molar-refractivity contribution in [2.45, 2.75) is 58.4 Å². The molecule has 2 aromatic rings. The van der Waals surface area contributed by atoms with E-state index in [-0.39, 0.29) is 5.91 Å². The number of rotatable bonds is 5. The summed E-state index contributed by atoms with van der Waals surface area (Å²) in [5, 5.41) is 3.55. The molecule has 0 radical (unpaired) electrons. The van der Waals surface area contributed by atoms with Crippen molar-refractivity contribution in [3.63, 3.8) is 0 Å². The van der Waals surface area contributed by atoms with Crippen LogP contribution >= 0.6 is 0 Å². The van der Waals surface area contributed by atoms with E-state index in [9.17, 15) is 4.79 Å². The fourth-order valence-electron chi connectivity index (χ4n) is 4.50. The van der Waals surface area contributed by atoms with Crippen LogP contribution in [-0.4, -0.2) is 53.0 Å². The van der Waals surface area contributed by atoms with Gasteiger partial charge in [-0.3, -0.25) is 4.79 Å². The molecule has 6 nitrogen and oxygen atoms in total. The molecule has 0 atom stereocenters. The highest BCUT2D eigenvalue weighted by molar-refractivity contribution is 5.79. The SMILES string of the molecule is Cc1cccc(CC(=O)N2CCN(c3cc(C)nc(NC4CCCCC4)n3)CC2)c1. The number of nitrogens with zero attached hydrogens (tertiary/aromatic N) is 4. The molecule has 30 heavy (non-hydrogen) atoms. The smallest absolute Gasteiger partial charge is 0.227 e. The Hall–Kier alpha value is -2.63. The topological polar surface area (TPSA) is 61.4 Å². The van der Waals surface area contributed by atoms with Crippen LogP contribution in [0.15, 0.2) is 30.3 Å². The van der Waals surface area contributed by atoms with Gasteiger partial charge in [-0.2, -0.15) is 4.98 Å². The van der Waals surface area contributed by atoms with Crippen LogP contribution in [0.5, 0.6) is 0 Å². The highest BCUT2D eigenvalue weighted by atomic mass is 16.2. The van der Waals surface area contributed by atoms with Crippen LogP contribution in [0.4, 0.5) is 11.8 Å². The Labute approximate surface area is 179 Å². The number of aromatic nitrogens is 2. The van der Waals surface area contributed by atoms with Crippen LogP contribution in [0.3, 0.4) is 0 Å². The van der Waals surface area contributed by atoms with E-state index in [2.05, 4.69) is 40.3 Å². The lowest BCUT2D eigenvalue weighted by molar-refractivity contribution is -0.130. The van der Waals surface area contributed by atoms with Crippen molar-refractivity contribution >= 4 is 17.7 Å². The zero-order valence-corrected chi connectivity index (χ0v) is 18.2. The number of nitrogens with one attached hydrogen (secondary N) is 1. The molecule has 1 aliphatic heterocycles. The molecule has 1 saturated carbocycles. The van der Waals surface area contributed by atoms with E-state index in [1.807, 2.05) is 24.0 Å². The van der Waals surface area contributed by atoms with E-state index in [0.29, 0.717) is 12.5 Å². The van der Waals surface area contributed by atoms with Gasteiger partial charge in [0.25, 0.3) is 0 Å². The van der Waals surface area contributed by atoms with Crippen molar-refractivity contribution < 1.29 is 4.79 Å². The lowest BCUT2D eigenvalue weighted by atomic mass is 9.96. The van der Waals surface area contributed by atoms with Gasteiger partial charge in [-0.25, -0.2) is 4.98 Å². The minimum Gasteiger partial charge on any atom is -0.353 e. The molecule has 1 amide bonds. The first-order valence-corrected chi connectivity index (χ1v) is 11.3. The highest BCUT2D eigenvalue weighted by Crippen LogP contribution is 2.22. The zero-order valence-electron chi connectivity index (χ0n) is 18.2. The Balaban J connectivity index is 1.34. The van der Waals surface area contributed by atoms with Crippen molar-refractivity contribution in [3.05, 3.63) is 47.2 Å². The first-order chi connectivity index (χ1) is 14.6. The Morgan fingerprint density at radius 3 is 2.53 bits per heavy atom.